The first-order valence-electron chi connectivity index (χ1n) is 6.72. The lowest BCUT2D eigenvalue weighted by Gasteiger charge is -2.07. The SMILES string of the molecule is Cc1ccc2c(N)c(C(=O)Nc3ccccc3C)sc2c1. The number of nitrogens with two attached hydrogens (primary N) is 1. The lowest BCUT2D eigenvalue weighted by atomic mass is 10.1. The molecule has 0 saturated carbocycles. The van der Waals surface area contributed by atoms with E-state index in [0.717, 1.165) is 26.9 Å². The van der Waals surface area contributed by atoms with Gasteiger partial charge in [0, 0.05) is 15.8 Å². The van der Waals surface area contributed by atoms with Gasteiger partial charge < -0.3 is 11.1 Å². The van der Waals surface area contributed by atoms with E-state index in [9.17, 15) is 4.79 Å². The molecule has 0 radical (unpaired) electrons. The largest absolute Gasteiger partial charge is 0.397 e. The number of hydrogen-bond donors (Lipinski definition) is 2. The van der Waals surface area contributed by atoms with Gasteiger partial charge in [-0.1, -0.05) is 30.3 Å². The molecule has 3 N–H and O–H groups in total. The minimum atomic E-state index is -0.152. The topological polar surface area (TPSA) is 55.1 Å². The summed E-state index contributed by atoms with van der Waals surface area (Å²) in [4.78, 5) is 13.0. The van der Waals surface area contributed by atoms with Gasteiger partial charge in [-0.25, -0.2) is 0 Å². The Bertz CT molecular complexity index is 836. The molecule has 0 fully saturated rings. The zero-order chi connectivity index (χ0) is 15.0. The summed E-state index contributed by atoms with van der Waals surface area (Å²) >= 11 is 1.43. The number of nitrogens with one attached hydrogen (secondary N) is 1. The normalized spacial score (nSPS) is 10.8. The fraction of sp³-hybridized carbons (Fsp3) is 0.118. The maximum absolute atomic E-state index is 12.5. The van der Waals surface area contributed by atoms with E-state index >= 15 is 0 Å². The van der Waals surface area contributed by atoms with Gasteiger partial charge in [-0.2, -0.15) is 0 Å². The monoisotopic (exact) mass is 296 g/mol. The number of anilines is 2. The van der Waals surface area contributed by atoms with Crippen molar-refractivity contribution in [2.75, 3.05) is 11.1 Å². The van der Waals surface area contributed by atoms with Gasteiger partial charge >= 0.3 is 0 Å². The molecule has 1 amide bonds. The van der Waals surface area contributed by atoms with Crippen molar-refractivity contribution in [2.24, 2.45) is 0 Å². The Morgan fingerprint density at radius 1 is 1.14 bits per heavy atom. The van der Waals surface area contributed by atoms with Crippen molar-refractivity contribution in [3.05, 3.63) is 58.5 Å². The van der Waals surface area contributed by atoms with Gasteiger partial charge in [0.25, 0.3) is 5.91 Å². The van der Waals surface area contributed by atoms with E-state index in [-0.39, 0.29) is 5.91 Å². The van der Waals surface area contributed by atoms with Crippen molar-refractivity contribution in [1.29, 1.82) is 0 Å². The average molecular weight is 296 g/mol. The Morgan fingerprint density at radius 2 is 1.90 bits per heavy atom. The summed E-state index contributed by atoms with van der Waals surface area (Å²) in [5, 5.41) is 3.88. The minimum Gasteiger partial charge on any atom is -0.397 e. The molecule has 3 rings (SSSR count). The van der Waals surface area contributed by atoms with Gasteiger partial charge in [0.05, 0.1) is 5.69 Å². The first-order valence-corrected chi connectivity index (χ1v) is 7.53. The van der Waals surface area contributed by atoms with Gasteiger partial charge in [0.2, 0.25) is 0 Å². The average Bonchev–Trinajstić information content (AvgIpc) is 2.78. The molecule has 0 aliphatic rings. The highest BCUT2D eigenvalue weighted by molar-refractivity contribution is 7.21. The molecule has 0 atom stereocenters. The van der Waals surface area contributed by atoms with E-state index in [1.54, 1.807) is 0 Å². The molecule has 0 saturated heterocycles. The standard InChI is InChI=1S/C17H16N2OS/c1-10-7-8-12-14(9-10)21-16(15(12)18)17(20)19-13-6-4-3-5-11(13)2/h3-9H,18H2,1-2H3,(H,19,20). The molecule has 0 bridgehead atoms. The molecule has 3 nitrogen and oxygen atoms in total. The first kappa shape index (κ1) is 13.6. The molecule has 4 heteroatoms. The molecular weight excluding hydrogens is 280 g/mol. The Hall–Kier alpha value is -2.33. The van der Waals surface area contributed by atoms with E-state index < -0.39 is 0 Å². The molecule has 106 valence electrons. The molecule has 0 spiro atoms. The molecule has 21 heavy (non-hydrogen) atoms. The fourth-order valence-corrected chi connectivity index (χ4v) is 3.40. The number of rotatable bonds is 2. The molecular formula is C17H16N2OS. The zero-order valence-corrected chi connectivity index (χ0v) is 12.8. The summed E-state index contributed by atoms with van der Waals surface area (Å²) in [5.41, 5.74) is 9.69. The third kappa shape index (κ3) is 2.50. The summed E-state index contributed by atoms with van der Waals surface area (Å²) in [6.45, 7) is 4.00. The number of nitrogen functional groups attached to an aromatic ring is 1. The lowest BCUT2D eigenvalue weighted by molar-refractivity contribution is 0.103. The highest BCUT2D eigenvalue weighted by Crippen LogP contribution is 2.34. The molecule has 0 aliphatic carbocycles. The summed E-state index contributed by atoms with van der Waals surface area (Å²) in [6, 6.07) is 13.7. The van der Waals surface area contributed by atoms with Crippen molar-refractivity contribution in [1.82, 2.24) is 0 Å². The van der Waals surface area contributed by atoms with Gasteiger partial charge in [-0.3, -0.25) is 4.79 Å². The molecule has 1 aromatic heterocycles. The lowest BCUT2D eigenvalue weighted by Crippen LogP contribution is -2.12. The predicted octanol–water partition coefficient (Wildman–Crippen LogP) is 4.35. The van der Waals surface area contributed by atoms with E-state index in [0.29, 0.717) is 10.6 Å². The number of benzene rings is 2. The van der Waals surface area contributed by atoms with Crippen LogP contribution in [-0.4, -0.2) is 5.91 Å². The predicted molar refractivity (Wildman–Crippen MR) is 90.1 cm³/mol. The number of fused-ring (bicyclic) bond motifs is 1. The number of hydrogen-bond acceptors (Lipinski definition) is 3. The van der Waals surface area contributed by atoms with Gasteiger partial charge in [-0.15, -0.1) is 11.3 Å². The van der Waals surface area contributed by atoms with E-state index in [1.807, 2.05) is 50.2 Å². The van der Waals surface area contributed by atoms with E-state index in [2.05, 4.69) is 11.4 Å². The Morgan fingerprint density at radius 3 is 2.67 bits per heavy atom. The van der Waals surface area contributed by atoms with E-state index in [4.69, 9.17) is 5.73 Å². The Kier molecular flexibility index (Phi) is 3.39. The van der Waals surface area contributed by atoms with Gasteiger partial charge in [0.15, 0.2) is 0 Å². The van der Waals surface area contributed by atoms with Crippen molar-refractivity contribution in [2.45, 2.75) is 13.8 Å². The number of aryl methyl sites for hydroxylation is 2. The van der Waals surface area contributed by atoms with Crippen LogP contribution in [0.5, 0.6) is 0 Å². The van der Waals surface area contributed by atoms with Gasteiger partial charge in [0.1, 0.15) is 4.88 Å². The third-order valence-electron chi connectivity index (χ3n) is 3.48. The quantitative estimate of drug-likeness (QED) is 0.738. The van der Waals surface area contributed by atoms with Crippen LogP contribution in [0.3, 0.4) is 0 Å². The van der Waals surface area contributed by atoms with Crippen LogP contribution in [0.1, 0.15) is 20.8 Å². The smallest absolute Gasteiger partial charge is 0.267 e. The fourth-order valence-electron chi connectivity index (χ4n) is 2.28. The highest BCUT2D eigenvalue weighted by atomic mass is 32.1. The van der Waals surface area contributed by atoms with Crippen LogP contribution in [0.15, 0.2) is 42.5 Å². The minimum absolute atomic E-state index is 0.152. The van der Waals surface area contributed by atoms with Crippen molar-refractivity contribution < 1.29 is 4.79 Å². The maximum Gasteiger partial charge on any atom is 0.267 e. The van der Waals surface area contributed by atoms with Crippen LogP contribution in [0.2, 0.25) is 0 Å². The maximum atomic E-state index is 12.5. The zero-order valence-electron chi connectivity index (χ0n) is 11.9. The highest BCUT2D eigenvalue weighted by Gasteiger charge is 2.17. The number of thiophene rings is 1. The number of para-hydroxylation sites is 1. The van der Waals surface area contributed by atoms with Crippen molar-refractivity contribution in [3.63, 3.8) is 0 Å². The van der Waals surface area contributed by atoms with Crippen LogP contribution in [0.25, 0.3) is 10.1 Å². The first-order chi connectivity index (χ1) is 10.1. The summed E-state index contributed by atoms with van der Waals surface area (Å²) in [7, 11) is 0. The second kappa shape index (κ2) is 5.22. The molecule has 0 aliphatic heterocycles. The van der Waals surface area contributed by atoms with E-state index in [1.165, 1.54) is 11.3 Å². The Labute approximate surface area is 127 Å². The number of amides is 1. The summed E-state index contributed by atoms with van der Waals surface area (Å²) in [5.74, 6) is -0.152. The van der Waals surface area contributed by atoms with Crippen LogP contribution >= 0.6 is 11.3 Å². The summed E-state index contributed by atoms with van der Waals surface area (Å²) in [6.07, 6.45) is 0. The van der Waals surface area contributed by atoms with Crippen LogP contribution in [0.4, 0.5) is 11.4 Å². The van der Waals surface area contributed by atoms with Crippen LogP contribution in [0, 0.1) is 13.8 Å². The molecule has 3 aromatic rings. The van der Waals surface area contributed by atoms with Gasteiger partial charge in [-0.05, 0) is 37.1 Å². The molecule has 0 unspecified atom stereocenters. The molecule has 2 aromatic carbocycles. The number of carbonyl (C=O) groups is 1. The molecule has 1 heterocycles. The van der Waals surface area contributed by atoms with Crippen molar-refractivity contribution >= 4 is 38.7 Å². The number of carbonyl (C=O) groups excluding carboxylic acids is 1. The second-order valence-corrected chi connectivity index (χ2v) is 6.17. The second-order valence-electron chi connectivity index (χ2n) is 5.11. The summed E-state index contributed by atoms with van der Waals surface area (Å²) < 4.78 is 1.04. The Balaban J connectivity index is 1.98. The van der Waals surface area contributed by atoms with Crippen LogP contribution in [-0.2, 0) is 0 Å². The third-order valence-corrected chi connectivity index (χ3v) is 4.65. The van der Waals surface area contributed by atoms with Crippen LogP contribution < -0.4 is 11.1 Å². The van der Waals surface area contributed by atoms with Crippen molar-refractivity contribution in [3.8, 4) is 0 Å².